The molecule has 0 heterocycles. The molecule has 0 atom stereocenters. The molecule has 1 aliphatic rings. The highest BCUT2D eigenvalue weighted by Crippen LogP contribution is 2.39. The van der Waals surface area contributed by atoms with Gasteiger partial charge < -0.3 is 4.74 Å². The zero-order chi connectivity index (χ0) is 10.8. The lowest BCUT2D eigenvalue weighted by Crippen LogP contribution is -2.33. The number of hydrogen-bond acceptors (Lipinski definition) is 3. The Bertz CT molecular complexity index is 237. The van der Waals surface area contributed by atoms with Gasteiger partial charge in [-0.2, -0.15) is 0 Å². The maximum absolute atomic E-state index is 11.4. The first kappa shape index (κ1) is 11.2. The maximum atomic E-state index is 11.4. The third kappa shape index (κ3) is 2.14. The highest BCUT2D eigenvalue weighted by atomic mass is 16.5. The van der Waals surface area contributed by atoms with Gasteiger partial charge in [-0.05, 0) is 32.6 Å². The van der Waals surface area contributed by atoms with Gasteiger partial charge in [-0.15, -0.1) is 0 Å². The first-order valence-corrected chi connectivity index (χ1v) is 5.08. The molecule has 1 saturated carbocycles. The molecule has 0 aromatic heterocycles. The molecule has 0 saturated heterocycles. The van der Waals surface area contributed by atoms with E-state index in [0.29, 0.717) is 0 Å². The number of rotatable bonds is 2. The van der Waals surface area contributed by atoms with Crippen LogP contribution in [0.4, 0.5) is 0 Å². The molecule has 0 aromatic rings. The van der Waals surface area contributed by atoms with E-state index in [0.717, 1.165) is 25.7 Å². The van der Waals surface area contributed by atoms with Gasteiger partial charge in [0.1, 0.15) is 5.78 Å². The second-order valence-corrected chi connectivity index (χ2v) is 4.41. The SMILES string of the molecule is COC(=O)C1CCC(C)(C(C)=O)CC1. The van der Waals surface area contributed by atoms with Crippen LogP contribution in [0.15, 0.2) is 0 Å². The van der Waals surface area contributed by atoms with E-state index in [1.165, 1.54) is 7.11 Å². The number of ketones is 1. The number of carbonyl (C=O) groups is 2. The smallest absolute Gasteiger partial charge is 0.308 e. The molecule has 0 bridgehead atoms. The Morgan fingerprint density at radius 3 is 2.14 bits per heavy atom. The molecule has 0 unspecified atom stereocenters. The van der Waals surface area contributed by atoms with Crippen LogP contribution in [0, 0.1) is 11.3 Å². The van der Waals surface area contributed by atoms with Crippen molar-refractivity contribution in [3.63, 3.8) is 0 Å². The van der Waals surface area contributed by atoms with Gasteiger partial charge in [0.25, 0.3) is 0 Å². The summed E-state index contributed by atoms with van der Waals surface area (Å²) in [7, 11) is 1.42. The molecular weight excluding hydrogens is 180 g/mol. The van der Waals surface area contributed by atoms with E-state index in [2.05, 4.69) is 0 Å². The van der Waals surface area contributed by atoms with E-state index in [9.17, 15) is 9.59 Å². The number of methoxy groups -OCH3 is 1. The summed E-state index contributed by atoms with van der Waals surface area (Å²) in [6.45, 7) is 3.63. The fraction of sp³-hybridized carbons (Fsp3) is 0.818. The van der Waals surface area contributed by atoms with Gasteiger partial charge in [-0.3, -0.25) is 9.59 Å². The minimum atomic E-state index is -0.204. The van der Waals surface area contributed by atoms with Crippen molar-refractivity contribution in [2.24, 2.45) is 11.3 Å². The number of Topliss-reactive ketones (excluding diaryl/α,β-unsaturated/α-hetero) is 1. The molecule has 1 aliphatic carbocycles. The fourth-order valence-electron chi connectivity index (χ4n) is 2.01. The lowest BCUT2D eigenvalue weighted by molar-refractivity contribution is -0.148. The highest BCUT2D eigenvalue weighted by molar-refractivity contribution is 5.82. The van der Waals surface area contributed by atoms with Gasteiger partial charge in [-0.25, -0.2) is 0 Å². The van der Waals surface area contributed by atoms with E-state index in [4.69, 9.17) is 4.74 Å². The van der Waals surface area contributed by atoms with E-state index < -0.39 is 0 Å². The van der Waals surface area contributed by atoms with Crippen molar-refractivity contribution in [1.82, 2.24) is 0 Å². The number of ether oxygens (including phenoxy) is 1. The third-order valence-corrected chi connectivity index (χ3v) is 3.47. The van der Waals surface area contributed by atoms with Crippen LogP contribution in [-0.2, 0) is 14.3 Å². The van der Waals surface area contributed by atoms with E-state index in [-0.39, 0.29) is 23.1 Å². The maximum Gasteiger partial charge on any atom is 0.308 e. The lowest BCUT2D eigenvalue weighted by atomic mass is 9.70. The molecule has 0 spiro atoms. The van der Waals surface area contributed by atoms with E-state index >= 15 is 0 Å². The Labute approximate surface area is 84.8 Å². The normalized spacial score (nSPS) is 32.4. The molecule has 0 amide bonds. The first-order chi connectivity index (χ1) is 6.49. The summed E-state index contributed by atoms with van der Waals surface area (Å²) >= 11 is 0. The van der Waals surface area contributed by atoms with E-state index in [1.54, 1.807) is 6.92 Å². The standard InChI is InChI=1S/C11H18O3/c1-8(12)11(2)6-4-9(5-7-11)10(13)14-3/h9H,4-7H2,1-3H3. The number of esters is 1. The van der Waals surface area contributed by atoms with Gasteiger partial charge in [0, 0.05) is 5.41 Å². The Balaban J connectivity index is 2.54. The van der Waals surface area contributed by atoms with Crippen molar-refractivity contribution in [3.05, 3.63) is 0 Å². The van der Waals surface area contributed by atoms with Crippen LogP contribution in [0.1, 0.15) is 39.5 Å². The van der Waals surface area contributed by atoms with Crippen LogP contribution in [-0.4, -0.2) is 18.9 Å². The van der Waals surface area contributed by atoms with Gasteiger partial charge in [0.05, 0.1) is 13.0 Å². The van der Waals surface area contributed by atoms with Crippen LogP contribution >= 0.6 is 0 Å². The number of hydrogen-bond donors (Lipinski definition) is 0. The molecule has 0 aromatic carbocycles. The summed E-state index contributed by atoms with van der Waals surface area (Å²) in [5.74, 6) is 0.115. The lowest BCUT2D eigenvalue weighted by Gasteiger charge is -2.34. The molecule has 1 rings (SSSR count). The minimum absolute atomic E-state index is 0.00687. The Morgan fingerprint density at radius 1 is 1.29 bits per heavy atom. The van der Waals surface area contributed by atoms with Gasteiger partial charge in [-0.1, -0.05) is 6.92 Å². The van der Waals surface area contributed by atoms with Gasteiger partial charge in [0.15, 0.2) is 0 Å². The molecule has 3 nitrogen and oxygen atoms in total. The Hall–Kier alpha value is -0.860. The van der Waals surface area contributed by atoms with Crippen LogP contribution in [0.2, 0.25) is 0 Å². The predicted molar refractivity (Wildman–Crippen MR) is 52.8 cm³/mol. The van der Waals surface area contributed by atoms with Crippen molar-refractivity contribution in [2.45, 2.75) is 39.5 Å². The molecule has 0 radical (unpaired) electrons. The molecule has 3 heteroatoms. The van der Waals surface area contributed by atoms with Gasteiger partial charge in [0.2, 0.25) is 0 Å². The summed E-state index contributed by atoms with van der Waals surface area (Å²) in [6, 6.07) is 0. The van der Waals surface area contributed by atoms with E-state index in [1.807, 2.05) is 6.92 Å². The zero-order valence-electron chi connectivity index (χ0n) is 9.13. The number of carbonyl (C=O) groups excluding carboxylic acids is 2. The zero-order valence-corrected chi connectivity index (χ0v) is 9.13. The van der Waals surface area contributed by atoms with Gasteiger partial charge >= 0.3 is 5.97 Å². The molecular formula is C11H18O3. The van der Waals surface area contributed by atoms with Crippen molar-refractivity contribution < 1.29 is 14.3 Å². The van der Waals surface area contributed by atoms with Crippen LogP contribution in [0.5, 0.6) is 0 Å². The topological polar surface area (TPSA) is 43.4 Å². The molecule has 80 valence electrons. The molecule has 0 aliphatic heterocycles. The second kappa shape index (κ2) is 4.11. The van der Waals surface area contributed by atoms with Crippen molar-refractivity contribution in [2.75, 3.05) is 7.11 Å². The molecule has 0 N–H and O–H groups in total. The quantitative estimate of drug-likeness (QED) is 0.637. The van der Waals surface area contributed by atoms with Crippen molar-refractivity contribution >= 4 is 11.8 Å². The van der Waals surface area contributed by atoms with Crippen LogP contribution in [0.3, 0.4) is 0 Å². The predicted octanol–water partition coefficient (Wildman–Crippen LogP) is 1.94. The average molecular weight is 198 g/mol. The second-order valence-electron chi connectivity index (χ2n) is 4.41. The third-order valence-electron chi connectivity index (χ3n) is 3.47. The first-order valence-electron chi connectivity index (χ1n) is 5.08. The monoisotopic (exact) mass is 198 g/mol. The minimum Gasteiger partial charge on any atom is -0.469 e. The molecule has 1 fully saturated rings. The Kier molecular flexibility index (Phi) is 3.29. The fourth-order valence-corrected chi connectivity index (χ4v) is 2.01. The summed E-state index contributed by atoms with van der Waals surface area (Å²) in [5, 5.41) is 0. The van der Waals surface area contributed by atoms with Crippen molar-refractivity contribution in [1.29, 1.82) is 0 Å². The van der Waals surface area contributed by atoms with Crippen LogP contribution in [0.25, 0.3) is 0 Å². The average Bonchev–Trinajstić information content (AvgIpc) is 2.17. The van der Waals surface area contributed by atoms with Crippen molar-refractivity contribution in [3.8, 4) is 0 Å². The summed E-state index contributed by atoms with van der Waals surface area (Å²) < 4.78 is 4.69. The Morgan fingerprint density at radius 2 is 1.79 bits per heavy atom. The largest absolute Gasteiger partial charge is 0.469 e. The summed E-state index contributed by atoms with van der Waals surface area (Å²) in [6.07, 6.45) is 3.18. The van der Waals surface area contributed by atoms with Crippen LogP contribution < -0.4 is 0 Å². The summed E-state index contributed by atoms with van der Waals surface area (Å²) in [4.78, 5) is 22.6. The molecule has 14 heavy (non-hydrogen) atoms. The summed E-state index contributed by atoms with van der Waals surface area (Å²) in [5.41, 5.74) is -0.204. The highest BCUT2D eigenvalue weighted by Gasteiger charge is 2.37.